The van der Waals surface area contributed by atoms with Gasteiger partial charge in [0.25, 0.3) is 5.91 Å². The van der Waals surface area contributed by atoms with Crippen LogP contribution in [0.4, 0.5) is 0 Å². The second kappa shape index (κ2) is 4.82. The van der Waals surface area contributed by atoms with Gasteiger partial charge in [0.2, 0.25) is 0 Å². The van der Waals surface area contributed by atoms with E-state index in [4.69, 9.17) is 0 Å². The minimum absolute atomic E-state index is 0.00106. The Balaban J connectivity index is 1.71. The predicted molar refractivity (Wildman–Crippen MR) is 71.7 cm³/mol. The minimum atomic E-state index is 0.00106. The Kier molecular flexibility index (Phi) is 3.02. The zero-order valence-electron chi connectivity index (χ0n) is 10.2. The van der Waals surface area contributed by atoms with Crippen molar-refractivity contribution in [3.8, 4) is 0 Å². The van der Waals surface area contributed by atoms with Gasteiger partial charge in [-0.15, -0.1) is 0 Å². The fourth-order valence-corrected chi connectivity index (χ4v) is 2.50. The highest BCUT2D eigenvalue weighted by Crippen LogP contribution is 2.17. The Morgan fingerprint density at radius 3 is 3.11 bits per heavy atom. The van der Waals surface area contributed by atoms with E-state index < -0.39 is 0 Å². The summed E-state index contributed by atoms with van der Waals surface area (Å²) in [6.45, 7) is 1.77. The molecule has 1 aromatic heterocycles. The number of fused-ring (bicyclic) bond motifs is 1. The molecule has 3 N–H and O–H groups in total. The van der Waals surface area contributed by atoms with E-state index >= 15 is 0 Å². The molecule has 1 saturated heterocycles. The van der Waals surface area contributed by atoms with E-state index in [1.807, 2.05) is 24.3 Å². The van der Waals surface area contributed by atoms with Crippen molar-refractivity contribution < 1.29 is 4.79 Å². The largest absolute Gasteiger partial charge is 0.360 e. The standard InChI is InChI=1S/C14H17N3O/c18-14(17-8-10-4-3-7-15-10)12-9-16-13-6-2-1-5-11(12)13/h1-2,5-6,9-10,15-16H,3-4,7-8H2,(H,17,18). The summed E-state index contributed by atoms with van der Waals surface area (Å²) in [7, 11) is 0. The number of H-pyrrole nitrogens is 1. The van der Waals surface area contributed by atoms with E-state index in [9.17, 15) is 4.79 Å². The maximum Gasteiger partial charge on any atom is 0.253 e. The summed E-state index contributed by atoms with van der Waals surface area (Å²) < 4.78 is 0. The number of aromatic amines is 1. The van der Waals surface area contributed by atoms with Crippen LogP contribution in [-0.4, -0.2) is 30.0 Å². The Labute approximate surface area is 106 Å². The van der Waals surface area contributed by atoms with Crippen molar-refractivity contribution in [2.45, 2.75) is 18.9 Å². The molecule has 0 bridgehead atoms. The molecule has 0 radical (unpaired) electrons. The Hall–Kier alpha value is -1.81. The van der Waals surface area contributed by atoms with Crippen molar-refractivity contribution >= 4 is 16.8 Å². The molecule has 3 rings (SSSR count). The van der Waals surface area contributed by atoms with Gasteiger partial charge in [-0.3, -0.25) is 4.79 Å². The molecule has 1 amide bonds. The molecule has 1 aromatic carbocycles. The number of amides is 1. The van der Waals surface area contributed by atoms with E-state index in [1.165, 1.54) is 6.42 Å². The lowest BCUT2D eigenvalue weighted by molar-refractivity contribution is 0.0952. The first-order valence-corrected chi connectivity index (χ1v) is 6.42. The van der Waals surface area contributed by atoms with E-state index in [1.54, 1.807) is 6.20 Å². The van der Waals surface area contributed by atoms with Crippen LogP contribution in [-0.2, 0) is 0 Å². The number of carbonyl (C=O) groups is 1. The monoisotopic (exact) mass is 243 g/mol. The second-order valence-electron chi connectivity index (χ2n) is 4.75. The Bertz CT molecular complexity index is 555. The summed E-state index contributed by atoms with van der Waals surface area (Å²) in [5, 5.41) is 7.35. The van der Waals surface area contributed by atoms with Crippen molar-refractivity contribution in [2.75, 3.05) is 13.1 Å². The van der Waals surface area contributed by atoms with Crippen LogP contribution < -0.4 is 10.6 Å². The van der Waals surface area contributed by atoms with Gasteiger partial charge in [-0.2, -0.15) is 0 Å². The van der Waals surface area contributed by atoms with Gasteiger partial charge in [-0.25, -0.2) is 0 Å². The molecule has 4 heteroatoms. The molecular weight excluding hydrogens is 226 g/mol. The Morgan fingerprint density at radius 2 is 2.28 bits per heavy atom. The maximum absolute atomic E-state index is 12.1. The van der Waals surface area contributed by atoms with Crippen LogP contribution in [0.1, 0.15) is 23.2 Å². The zero-order chi connectivity index (χ0) is 12.4. The third-order valence-corrected chi connectivity index (χ3v) is 3.51. The summed E-state index contributed by atoms with van der Waals surface area (Å²) in [6.07, 6.45) is 4.13. The van der Waals surface area contributed by atoms with Crippen molar-refractivity contribution in [1.29, 1.82) is 0 Å². The van der Waals surface area contributed by atoms with Gasteiger partial charge in [-0.05, 0) is 25.5 Å². The van der Waals surface area contributed by atoms with Crippen LogP contribution in [0.15, 0.2) is 30.5 Å². The van der Waals surface area contributed by atoms with Gasteiger partial charge in [-0.1, -0.05) is 18.2 Å². The normalized spacial score (nSPS) is 19.2. The first-order chi connectivity index (χ1) is 8.84. The molecule has 1 aliphatic heterocycles. The number of benzene rings is 1. The Morgan fingerprint density at radius 1 is 1.39 bits per heavy atom. The molecule has 2 heterocycles. The molecule has 0 aliphatic carbocycles. The van der Waals surface area contributed by atoms with Crippen molar-refractivity contribution in [3.05, 3.63) is 36.0 Å². The van der Waals surface area contributed by atoms with Crippen LogP contribution in [0.5, 0.6) is 0 Å². The fraction of sp³-hybridized carbons (Fsp3) is 0.357. The van der Waals surface area contributed by atoms with Crippen molar-refractivity contribution in [1.82, 2.24) is 15.6 Å². The lowest BCUT2D eigenvalue weighted by atomic mass is 10.1. The van der Waals surface area contributed by atoms with Gasteiger partial charge in [0, 0.05) is 29.7 Å². The summed E-state index contributed by atoms with van der Waals surface area (Å²) in [6, 6.07) is 8.28. The van der Waals surface area contributed by atoms with Gasteiger partial charge in [0.05, 0.1) is 5.56 Å². The van der Waals surface area contributed by atoms with Gasteiger partial charge in [0.15, 0.2) is 0 Å². The van der Waals surface area contributed by atoms with E-state index in [0.717, 1.165) is 29.4 Å². The molecule has 0 spiro atoms. The first kappa shape index (κ1) is 11.3. The number of hydrogen-bond acceptors (Lipinski definition) is 2. The number of rotatable bonds is 3. The molecule has 4 nitrogen and oxygen atoms in total. The van der Waals surface area contributed by atoms with E-state index in [-0.39, 0.29) is 5.91 Å². The van der Waals surface area contributed by atoms with Crippen LogP contribution in [0.2, 0.25) is 0 Å². The van der Waals surface area contributed by atoms with Crippen LogP contribution in [0.25, 0.3) is 10.9 Å². The smallest absolute Gasteiger partial charge is 0.253 e. The SMILES string of the molecule is O=C(NCC1CCCN1)c1c[nH]c2ccccc12. The van der Waals surface area contributed by atoms with Gasteiger partial charge >= 0.3 is 0 Å². The minimum Gasteiger partial charge on any atom is -0.360 e. The third-order valence-electron chi connectivity index (χ3n) is 3.51. The summed E-state index contributed by atoms with van der Waals surface area (Å²) in [4.78, 5) is 15.2. The van der Waals surface area contributed by atoms with Crippen LogP contribution in [0.3, 0.4) is 0 Å². The number of para-hydroxylation sites is 1. The molecule has 2 aromatic rings. The topological polar surface area (TPSA) is 56.9 Å². The third kappa shape index (κ3) is 2.11. The number of hydrogen-bond donors (Lipinski definition) is 3. The number of carbonyl (C=O) groups excluding carboxylic acids is 1. The van der Waals surface area contributed by atoms with Crippen molar-refractivity contribution in [2.24, 2.45) is 0 Å². The molecule has 18 heavy (non-hydrogen) atoms. The number of aromatic nitrogens is 1. The average Bonchev–Trinajstić information content (AvgIpc) is 3.05. The van der Waals surface area contributed by atoms with Gasteiger partial charge in [0.1, 0.15) is 0 Å². The lowest BCUT2D eigenvalue weighted by Crippen LogP contribution is -2.37. The molecule has 1 atom stereocenters. The van der Waals surface area contributed by atoms with Crippen LogP contribution >= 0.6 is 0 Å². The highest BCUT2D eigenvalue weighted by molar-refractivity contribution is 6.06. The second-order valence-corrected chi connectivity index (χ2v) is 4.75. The fourth-order valence-electron chi connectivity index (χ4n) is 2.50. The molecule has 0 saturated carbocycles. The first-order valence-electron chi connectivity index (χ1n) is 6.42. The number of nitrogens with one attached hydrogen (secondary N) is 3. The highest BCUT2D eigenvalue weighted by Gasteiger charge is 2.16. The molecule has 1 aliphatic rings. The summed E-state index contributed by atoms with van der Waals surface area (Å²) in [5.41, 5.74) is 1.73. The highest BCUT2D eigenvalue weighted by atomic mass is 16.1. The van der Waals surface area contributed by atoms with Crippen LogP contribution in [0, 0.1) is 0 Å². The van der Waals surface area contributed by atoms with Crippen molar-refractivity contribution in [3.63, 3.8) is 0 Å². The quantitative estimate of drug-likeness (QED) is 0.767. The molecular formula is C14H17N3O. The predicted octanol–water partition coefficient (Wildman–Crippen LogP) is 1.65. The molecule has 94 valence electrons. The lowest BCUT2D eigenvalue weighted by Gasteiger charge is -2.10. The van der Waals surface area contributed by atoms with Gasteiger partial charge < -0.3 is 15.6 Å². The molecule has 1 fully saturated rings. The van der Waals surface area contributed by atoms with E-state index in [0.29, 0.717) is 12.6 Å². The average molecular weight is 243 g/mol. The summed E-state index contributed by atoms with van der Waals surface area (Å²) in [5.74, 6) is 0.00106. The maximum atomic E-state index is 12.1. The van der Waals surface area contributed by atoms with E-state index in [2.05, 4.69) is 15.6 Å². The summed E-state index contributed by atoms with van der Waals surface area (Å²) >= 11 is 0. The molecule has 1 unspecified atom stereocenters. The zero-order valence-corrected chi connectivity index (χ0v) is 10.2.